The van der Waals surface area contributed by atoms with E-state index in [1.54, 1.807) is 24.3 Å². The summed E-state index contributed by atoms with van der Waals surface area (Å²) in [5, 5.41) is 0. The van der Waals surface area contributed by atoms with E-state index in [1.165, 1.54) is 25.7 Å². The number of ether oxygens (including phenoxy) is 3. The highest BCUT2D eigenvalue weighted by molar-refractivity contribution is 5.89. The minimum absolute atomic E-state index is 0.0224. The van der Waals surface area contributed by atoms with Crippen molar-refractivity contribution in [2.24, 2.45) is 5.92 Å². The summed E-state index contributed by atoms with van der Waals surface area (Å²) in [4.78, 5) is 23.3. The van der Waals surface area contributed by atoms with E-state index < -0.39 is 5.97 Å². The van der Waals surface area contributed by atoms with Gasteiger partial charge in [0.05, 0.1) is 5.56 Å². The number of hydrogen-bond donors (Lipinski definition) is 0. The van der Waals surface area contributed by atoms with E-state index >= 15 is 0 Å². The molecule has 1 aromatic carbocycles. The van der Waals surface area contributed by atoms with Gasteiger partial charge in [-0.05, 0) is 55.9 Å². The fourth-order valence-corrected chi connectivity index (χ4v) is 3.34. The highest BCUT2D eigenvalue weighted by atomic mass is 16.7. The quantitative estimate of drug-likeness (QED) is 0.248. The Labute approximate surface area is 161 Å². The lowest BCUT2D eigenvalue weighted by Crippen LogP contribution is -2.24. The molecule has 27 heavy (non-hydrogen) atoms. The zero-order valence-electron chi connectivity index (χ0n) is 16.2. The van der Waals surface area contributed by atoms with Crippen LogP contribution in [-0.4, -0.2) is 24.8 Å². The van der Waals surface area contributed by atoms with Gasteiger partial charge in [0.15, 0.2) is 0 Å². The molecule has 1 aliphatic rings. The summed E-state index contributed by atoms with van der Waals surface area (Å²) in [6, 6.07) is 6.62. The summed E-state index contributed by atoms with van der Waals surface area (Å²) in [6.07, 6.45) is 10.5. The van der Waals surface area contributed by atoms with Crippen LogP contribution in [0.2, 0.25) is 0 Å². The molecule has 1 saturated carbocycles. The van der Waals surface area contributed by atoms with Crippen LogP contribution in [0.1, 0.15) is 68.6 Å². The van der Waals surface area contributed by atoms with Crippen molar-refractivity contribution in [2.45, 2.75) is 64.4 Å². The number of hydrogen-bond acceptors (Lipinski definition) is 5. The molecule has 0 aliphatic heterocycles. The Bertz CT molecular complexity index is 600. The summed E-state index contributed by atoms with van der Waals surface area (Å²) in [5.74, 6) is 0.457. The second kappa shape index (κ2) is 11.4. The molecule has 0 unspecified atom stereocenters. The number of benzene rings is 1. The first-order valence-corrected chi connectivity index (χ1v) is 9.85. The molecule has 0 atom stereocenters. The molecule has 5 heteroatoms. The van der Waals surface area contributed by atoms with E-state index in [9.17, 15) is 9.59 Å². The van der Waals surface area contributed by atoms with E-state index in [2.05, 4.69) is 13.5 Å². The molecular formula is C22H30O5. The highest BCUT2D eigenvalue weighted by Crippen LogP contribution is 2.30. The van der Waals surface area contributed by atoms with Gasteiger partial charge < -0.3 is 14.2 Å². The van der Waals surface area contributed by atoms with Gasteiger partial charge in [-0.25, -0.2) is 9.59 Å². The molecule has 0 saturated heterocycles. The smallest absolute Gasteiger partial charge is 0.338 e. The first-order valence-electron chi connectivity index (χ1n) is 9.85. The van der Waals surface area contributed by atoms with Crippen molar-refractivity contribution in [2.75, 3.05) is 6.79 Å². The van der Waals surface area contributed by atoms with Crippen LogP contribution >= 0.6 is 0 Å². The number of esters is 2. The Balaban J connectivity index is 1.71. The lowest BCUT2D eigenvalue weighted by Gasteiger charge is -2.28. The lowest BCUT2D eigenvalue weighted by atomic mass is 9.84. The monoisotopic (exact) mass is 374 g/mol. The highest BCUT2D eigenvalue weighted by Gasteiger charge is 2.24. The van der Waals surface area contributed by atoms with Crippen LogP contribution < -0.4 is 4.74 Å². The van der Waals surface area contributed by atoms with Crippen molar-refractivity contribution in [3.8, 4) is 5.75 Å². The third-order valence-electron chi connectivity index (χ3n) is 4.97. The molecule has 0 amide bonds. The van der Waals surface area contributed by atoms with Gasteiger partial charge in [-0.1, -0.05) is 39.2 Å². The van der Waals surface area contributed by atoms with Crippen molar-refractivity contribution >= 4 is 11.9 Å². The van der Waals surface area contributed by atoms with Gasteiger partial charge >= 0.3 is 11.9 Å². The molecule has 0 heterocycles. The lowest BCUT2D eigenvalue weighted by molar-refractivity contribution is -0.144. The maximum Gasteiger partial charge on any atom is 0.338 e. The summed E-state index contributed by atoms with van der Waals surface area (Å²) < 4.78 is 15.7. The molecule has 1 aromatic rings. The van der Waals surface area contributed by atoms with Crippen LogP contribution in [0.4, 0.5) is 0 Å². The third-order valence-corrected chi connectivity index (χ3v) is 4.97. The molecular weight excluding hydrogens is 344 g/mol. The Morgan fingerprint density at radius 2 is 1.81 bits per heavy atom. The van der Waals surface area contributed by atoms with E-state index in [1.807, 2.05) is 0 Å². The SMILES string of the molecule is C=CC(=O)OCOc1ccc(C(=O)OC2CCC(CCCCC)CC2)cc1. The number of carbonyl (C=O) groups is 2. The van der Waals surface area contributed by atoms with E-state index in [-0.39, 0.29) is 18.9 Å². The van der Waals surface area contributed by atoms with Gasteiger partial charge in [0, 0.05) is 6.08 Å². The maximum atomic E-state index is 12.3. The maximum absolute atomic E-state index is 12.3. The Hall–Kier alpha value is -2.30. The third kappa shape index (κ3) is 7.45. The van der Waals surface area contributed by atoms with E-state index in [0.717, 1.165) is 37.7 Å². The van der Waals surface area contributed by atoms with Crippen molar-refractivity contribution in [1.29, 1.82) is 0 Å². The standard InChI is InChI=1S/C22H30O5/c1-3-5-6-7-17-8-12-20(13-9-17)27-22(24)18-10-14-19(15-11-18)25-16-26-21(23)4-2/h4,10-11,14-15,17,20H,2-3,5-9,12-13,16H2,1H3. The second-order valence-electron chi connectivity index (χ2n) is 7.00. The van der Waals surface area contributed by atoms with Gasteiger partial charge in [0.2, 0.25) is 6.79 Å². The normalized spacial score (nSPS) is 19.1. The fourth-order valence-electron chi connectivity index (χ4n) is 3.34. The molecule has 1 fully saturated rings. The van der Waals surface area contributed by atoms with Crippen molar-refractivity contribution in [3.05, 3.63) is 42.5 Å². The van der Waals surface area contributed by atoms with Crippen LogP contribution in [0.5, 0.6) is 5.75 Å². The topological polar surface area (TPSA) is 61.8 Å². The summed E-state index contributed by atoms with van der Waals surface area (Å²) >= 11 is 0. The molecule has 5 nitrogen and oxygen atoms in total. The fraction of sp³-hybridized carbons (Fsp3) is 0.545. The molecule has 2 rings (SSSR count). The van der Waals surface area contributed by atoms with Gasteiger partial charge in [-0.15, -0.1) is 0 Å². The van der Waals surface area contributed by atoms with Crippen molar-refractivity contribution in [1.82, 2.24) is 0 Å². The predicted molar refractivity (Wildman–Crippen MR) is 104 cm³/mol. The molecule has 0 aromatic heterocycles. The molecule has 0 radical (unpaired) electrons. The zero-order chi connectivity index (χ0) is 19.5. The van der Waals surface area contributed by atoms with Crippen LogP contribution in [0.3, 0.4) is 0 Å². The number of unbranched alkanes of at least 4 members (excludes halogenated alkanes) is 2. The predicted octanol–water partition coefficient (Wildman–Crippen LogP) is 5.05. The Morgan fingerprint density at radius 3 is 2.44 bits per heavy atom. The first-order chi connectivity index (χ1) is 13.1. The Kier molecular flexibility index (Phi) is 8.89. The summed E-state index contributed by atoms with van der Waals surface area (Å²) in [6.45, 7) is 5.33. The first kappa shape index (κ1) is 21.0. The molecule has 1 aliphatic carbocycles. The number of carbonyl (C=O) groups excluding carboxylic acids is 2. The van der Waals surface area contributed by atoms with Crippen molar-refractivity contribution in [3.63, 3.8) is 0 Å². The average Bonchev–Trinajstić information content (AvgIpc) is 2.70. The minimum Gasteiger partial charge on any atom is -0.459 e. The Morgan fingerprint density at radius 1 is 1.11 bits per heavy atom. The van der Waals surface area contributed by atoms with Crippen molar-refractivity contribution < 1.29 is 23.8 Å². The second-order valence-corrected chi connectivity index (χ2v) is 7.00. The van der Waals surface area contributed by atoms with Crippen LogP contribution in [0, 0.1) is 5.92 Å². The van der Waals surface area contributed by atoms with Crippen LogP contribution in [0.25, 0.3) is 0 Å². The van der Waals surface area contributed by atoms with Gasteiger partial charge in [-0.2, -0.15) is 0 Å². The summed E-state index contributed by atoms with van der Waals surface area (Å²) in [7, 11) is 0. The molecule has 0 bridgehead atoms. The van der Waals surface area contributed by atoms with E-state index in [0.29, 0.717) is 11.3 Å². The minimum atomic E-state index is -0.546. The van der Waals surface area contributed by atoms with E-state index in [4.69, 9.17) is 14.2 Å². The number of rotatable bonds is 10. The van der Waals surface area contributed by atoms with Gasteiger partial charge in [-0.3, -0.25) is 0 Å². The van der Waals surface area contributed by atoms with Gasteiger partial charge in [0.1, 0.15) is 11.9 Å². The van der Waals surface area contributed by atoms with Gasteiger partial charge in [0.25, 0.3) is 0 Å². The molecule has 0 N–H and O–H groups in total. The zero-order valence-corrected chi connectivity index (χ0v) is 16.2. The largest absolute Gasteiger partial charge is 0.459 e. The summed E-state index contributed by atoms with van der Waals surface area (Å²) in [5.41, 5.74) is 0.496. The van der Waals surface area contributed by atoms with Crippen LogP contribution in [-0.2, 0) is 14.3 Å². The average molecular weight is 374 g/mol. The van der Waals surface area contributed by atoms with Crippen LogP contribution in [0.15, 0.2) is 36.9 Å². The molecule has 148 valence electrons. The molecule has 0 spiro atoms.